The first kappa shape index (κ1) is 15.8. The first-order chi connectivity index (χ1) is 9.90. The summed E-state index contributed by atoms with van der Waals surface area (Å²) in [5, 5.41) is 2.82. The monoisotopic (exact) mass is 312 g/mol. The Morgan fingerprint density at radius 1 is 1.43 bits per heavy atom. The normalized spacial score (nSPS) is 16.4. The Bertz CT molecular complexity index is 563. The van der Waals surface area contributed by atoms with Crippen LogP contribution in [0.15, 0.2) is 18.2 Å². The summed E-state index contributed by atoms with van der Waals surface area (Å²) in [6.07, 6.45) is 1.25. The van der Waals surface area contributed by atoms with Crippen LogP contribution >= 0.6 is 11.6 Å². The van der Waals surface area contributed by atoms with E-state index in [0.717, 1.165) is 12.5 Å². The zero-order valence-electron chi connectivity index (χ0n) is 12.0. The van der Waals surface area contributed by atoms with E-state index < -0.39 is 11.9 Å². The molecule has 0 bridgehead atoms. The van der Waals surface area contributed by atoms with Crippen molar-refractivity contribution in [1.29, 1.82) is 0 Å². The zero-order chi connectivity index (χ0) is 15.6. The number of hydrogen-bond donors (Lipinski definition) is 1. The van der Waals surface area contributed by atoms with E-state index in [-0.39, 0.29) is 22.8 Å². The lowest BCUT2D eigenvalue weighted by atomic mass is 10.0. The van der Waals surface area contributed by atoms with Crippen LogP contribution in [0.1, 0.15) is 26.7 Å². The molecule has 2 amide bonds. The van der Waals surface area contributed by atoms with Gasteiger partial charge in [0, 0.05) is 13.0 Å². The van der Waals surface area contributed by atoms with Crippen molar-refractivity contribution in [3.63, 3.8) is 0 Å². The van der Waals surface area contributed by atoms with Gasteiger partial charge in [0.25, 0.3) is 0 Å². The van der Waals surface area contributed by atoms with Gasteiger partial charge in [0.05, 0.1) is 10.7 Å². The fourth-order valence-corrected chi connectivity index (χ4v) is 2.78. The second kappa shape index (κ2) is 6.43. The highest BCUT2D eigenvalue weighted by Crippen LogP contribution is 2.25. The van der Waals surface area contributed by atoms with Crippen molar-refractivity contribution in [2.45, 2.75) is 32.7 Å². The van der Waals surface area contributed by atoms with Crippen molar-refractivity contribution < 1.29 is 14.0 Å². The number of nitrogens with zero attached hydrogens (tertiary/aromatic N) is 1. The second-order valence-corrected chi connectivity index (χ2v) is 5.90. The van der Waals surface area contributed by atoms with Gasteiger partial charge in [-0.15, -0.1) is 0 Å². The van der Waals surface area contributed by atoms with Crippen molar-refractivity contribution >= 4 is 29.1 Å². The first-order valence-electron chi connectivity index (χ1n) is 6.95. The largest absolute Gasteiger partial charge is 0.330 e. The lowest BCUT2D eigenvalue weighted by Crippen LogP contribution is -2.48. The molecule has 1 N–H and O–H groups in total. The van der Waals surface area contributed by atoms with Crippen LogP contribution in [0.5, 0.6) is 0 Å². The molecule has 1 saturated heterocycles. The molecule has 0 saturated carbocycles. The number of hydrogen-bond acceptors (Lipinski definition) is 2. The molecule has 6 heteroatoms. The van der Waals surface area contributed by atoms with Crippen molar-refractivity contribution in [3.8, 4) is 0 Å². The van der Waals surface area contributed by atoms with Crippen LogP contribution in [-0.4, -0.2) is 29.3 Å². The van der Waals surface area contributed by atoms with E-state index in [1.807, 2.05) is 13.8 Å². The van der Waals surface area contributed by atoms with Gasteiger partial charge >= 0.3 is 0 Å². The van der Waals surface area contributed by atoms with E-state index in [0.29, 0.717) is 18.7 Å². The fraction of sp³-hybridized carbons (Fsp3) is 0.467. The van der Waals surface area contributed by atoms with E-state index in [1.165, 1.54) is 12.1 Å². The highest BCUT2D eigenvalue weighted by molar-refractivity contribution is 6.33. The van der Waals surface area contributed by atoms with Crippen LogP contribution in [-0.2, 0) is 9.59 Å². The second-order valence-electron chi connectivity index (χ2n) is 5.49. The summed E-state index contributed by atoms with van der Waals surface area (Å²) in [5.41, 5.74) is 0.348. The Kier molecular flexibility index (Phi) is 4.83. The van der Waals surface area contributed by atoms with Gasteiger partial charge in [-0.25, -0.2) is 4.39 Å². The van der Waals surface area contributed by atoms with Gasteiger partial charge in [0.1, 0.15) is 11.9 Å². The molecule has 21 heavy (non-hydrogen) atoms. The Balaban J connectivity index is 2.17. The highest BCUT2D eigenvalue weighted by Gasteiger charge is 2.35. The summed E-state index contributed by atoms with van der Waals surface area (Å²) in [6.45, 7) is 4.37. The maximum absolute atomic E-state index is 13.0. The Labute approximate surface area is 128 Å². The van der Waals surface area contributed by atoms with Gasteiger partial charge in [-0.2, -0.15) is 0 Å². The number of likely N-dealkylation sites (tertiary alicyclic amines) is 1. The van der Waals surface area contributed by atoms with Crippen LogP contribution in [0.3, 0.4) is 0 Å². The van der Waals surface area contributed by atoms with Crippen LogP contribution in [0, 0.1) is 11.7 Å². The number of rotatable bonds is 4. The fourth-order valence-electron chi connectivity index (χ4n) is 2.56. The number of benzene rings is 1. The third-order valence-electron chi connectivity index (χ3n) is 3.53. The maximum atomic E-state index is 13.0. The Morgan fingerprint density at radius 2 is 2.14 bits per heavy atom. The smallest absolute Gasteiger partial charge is 0.247 e. The molecule has 1 aromatic carbocycles. The van der Waals surface area contributed by atoms with Gasteiger partial charge in [0.2, 0.25) is 11.8 Å². The van der Waals surface area contributed by atoms with Crippen LogP contribution in [0.25, 0.3) is 0 Å². The molecule has 0 aliphatic carbocycles. The lowest BCUT2D eigenvalue weighted by molar-refractivity contribution is -0.136. The summed E-state index contributed by atoms with van der Waals surface area (Å²) >= 11 is 5.91. The van der Waals surface area contributed by atoms with Crippen LogP contribution in [0.4, 0.5) is 10.1 Å². The molecule has 1 atom stereocenters. The minimum Gasteiger partial charge on any atom is -0.330 e. The molecule has 0 radical (unpaired) electrons. The SMILES string of the molecule is CC(C)[C@@H](C(=O)Nc1ccc(F)cc1Cl)N1CCCC1=O. The summed E-state index contributed by atoms with van der Waals surface area (Å²) < 4.78 is 13.0. The molecule has 4 nitrogen and oxygen atoms in total. The highest BCUT2D eigenvalue weighted by atomic mass is 35.5. The molecular weight excluding hydrogens is 295 g/mol. The third kappa shape index (κ3) is 3.53. The van der Waals surface area contributed by atoms with E-state index in [9.17, 15) is 14.0 Å². The molecule has 0 unspecified atom stereocenters. The molecule has 0 aromatic heterocycles. The molecule has 2 rings (SSSR count). The van der Waals surface area contributed by atoms with Gasteiger partial charge in [-0.3, -0.25) is 9.59 Å². The van der Waals surface area contributed by atoms with Crippen molar-refractivity contribution in [2.24, 2.45) is 5.92 Å². The average Bonchev–Trinajstić information content (AvgIpc) is 2.79. The molecule has 1 heterocycles. The van der Waals surface area contributed by atoms with Crippen molar-refractivity contribution in [2.75, 3.05) is 11.9 Å². The minimum atomic E-state index is -0.541. The number of nitrogens with one attached hydrogen (secondary N) is 1. The Hall–Kier alpha value is -1.62. The number of anilines is 1. The average molecular weight is 313 g/mol. The molecular formula is C15H18ClFN2O2. The molecule has 1 aliphatic heterocycles. The van der Waals surface area contributed by atoms with E-state index in [2.05, 4.69) is 5.32 Å². The minimum absolute atomic E-state index is 0.00551. The van der Waals surface area contributed by atoms with E-state index >= 15 is 0 Å². The first-order valence-corrected chi connectivity index (χ1v) is 7.33. The van der Waals surface area contributed by atoms with Gasteiger partial charge in [0.15, 0.2) is 0 Å². The maximum Gasteiger partial charge on any atom is 0.247 e. The molecule has 1 fully saturated rings. The van der Waals surface area contributed by atoms with E-state index in [1.54, 1.807) is 4.90 Å². The predicted molar refractivity (Wildman–Crippen MR) is 79.6 cm³/mol. The predicted octanol–water partition coefficient (Wildman–Crippen LogP) is 3.06. The molecule has 0 spiro atoms. The van der Waals surface area contributed by atoms with Crippen molar-refractivity contribution in [3.05, 3.63) is 29.0 Å². The third-order valence-corrected chi connectivity index (χ3v) is 3.85. The summed E-state index contributed by atoms with van der Waals surface area (Å²) in [5.74, 6) is -0.790. The van der Waals surface area contributed by atoms with E-state index in [4.69, 9.17) is 11.6 Å². The van der Waals surface area contributed by atoms with Crippen molar-refractivity contribution in [1.82, 2.24) is 4.90 Å². The quantitative estimate of drug-likeness (QED) is 0.929. The number of carbonyl (C=O) groups is 2. The topological polar surface area (TPSA) is 49.4 Å². The van der Waals surface area contributed by atoms with Crippen LogP contribution < -0.4 is 5.32 Å². The summed E-state index contributed by atoms with van der Waals surface area (Å²) in [4.78, 5) is 25.9. The van der Waals surface area contributed by atoms with Gasteiger partial charge in [-0.1, -0.05) is 25.4 Å². The number of carbonyl (C=O) groups excluding carboxylic acids is 2. The van der Waals surface area contributed by atoms with Crippen LogP contribution in [0.2, 0.25) is 5.02 Å². The molecule has 1 aliphatic rings. The van der Waals surface area contributed by atoms with Gasteiger partial charge < -0.3 is 10.2 Å². The standard InChI is InChI=1S/C15H18ClFN2O2/c1-9(2)14(19-7-3-4-13(19)20)15(21)18-12-6-5-10(17)8-11(12)16/h5-6,8-9,14H,3-4,7H2,1-2H3,(H,18,21)/t14-/m0/s1. The molecule has 1 aromatic rings. The zero-order valence-corrected chi connectivity index (χ0v) is 12.8. The summed E-state index contributed by atoms with van der Waals surface area (Å²) in [6, 6.07) is 3.25. The Morgan fingerprint density at radius 3 is 2.67 bits per heavy atom. The summed E-state index contributed by atoms with van der Waals surface area (Å²) in [7, 11) is 0. The molecule has 114 valence electrons. The van der Waals surface area contributed by atoms with Gasteiger partial charge in [-0.05, 0) is 30.5 Å². The lowest BCUT2D eigenvalue weighted by Gasteiger charge is -2.30. The number of amides is 2. The number of halogens is 2.